The molecule has 8 nitrogen and oxygen atoms in total. The lowest BCUT2D eigenvalue weighted by atomic mass is 9.71. The van der Waals surface area contributed by atoms with Gasteiger partial charge in [-0.25, -0.2) is 19.0 Å². The van der Waals surface area contributed by atoms with Gasteiger partial charge in [0.1, 0.15) is 11.6 Å². The summed E-state index contributed by atoms with van der Waals surface area (Å²) in [5.74, 6) is -0.235. The molecule has 2 amide bonds. The summed E-state index contributed by atoms with van der Waals surface area (Å²) >= 11 is 0. The van der Waals surface area contributed by atoms with Gasteiger partial charge in [-0.05, 0) is 50.1 Å². The van der Waals surface area contributed by atoms with Gasteiger partial charge in [-0.1, -0.05) is 6.07 Å². The van der Waals surface area contributed by atoms with Crippen LogP contribution in [0.15, 0.2) is 30.6 Å². The van der Waals surface area contributed by atoms with E-state index in [1.54, 1.807) is 0 Å². The zero-order valence-electron chi connectivity index (χ0n) is 20.0. The molecule has 35 heavy (non-hydrogen) atoms. The van der Waals surface area contributed by atoms with Crippen molar-refractivity contribution in [2.45, 2.75) is 56.4 Å². The smallest absolute Gasteiger partial charge is 0.317 e. The molecule has 1 saturated carbocycles. The van der Waals surface area contributed by atoms with Crippen LogP contribution in [0.1, 0.15) is 42.9 Å². The average Bonchev–Trinajstić information content (AvgIpc) is 3.45. The number of nitrogens with one attached hydrogen (secondary N) is 3. The molecule has 6 rings (SSSR count). The van der Waals surface area contributed by atoms with E-state index in [1.165, 1.54) is 17.7 Å². The summed E-state index contributed by atoms with van der Waals surface area (Å²) < 4.78 is 29.3. The first-order valence-electron chi connectivity index (χ1n) is 12.7. The number of amides is 2. The number of urea groups is 1. The Morgan fingerprint density at radius 3 is 2.83 bits per heavy atom. The predicted molar refractivity (Wildman–Crippen MR) is 126 cm³/mol. The maximum absolute atomic E-state index is 14.2. The van der Waals surface area contributed by atoms with E-state index in [1.807, 2.05) is 22.8 Å². The van der Waals surface area contributed by atoms with Gasteiger partial charge in [-0.3, -0.25) is 15.0 Å². The van der Waals surface area contributed by atoms with Crippen molar-refractivity contribution in [1.29, 1.82) is 0 Å². The van der Waals surface area contributed by atoms with Crippen molar-refractivity contribution in [2.24, 2.45) is 18.9 Å². The minimum Gasteiger partial charge on any atom is -0.335 e. The second-order valence-corrected chi connectivity index (χ2v) is 10.7. The summed E-state index contributed by atoms with van der Waals surface area (Å²) in [5, 5.41) is 7.65. The number of aryl methyl sites for hydroxylation is 1. The molecule has 10 heteroatoms. The maximum Gasteiger partial charge on any atom is 0.317 e. The topological polar surface area (TPSA) is 77.5 Å². The van der Waals surface area contributed by atoms with Gasteiger partial charge in [0.2, 0.25) is 0 Å². The molecule has 0 spiro atoms. The number of fused-ring (bicyclic) bond motifs is 2. The third-order valence-corrected chi connectivity index (χ3v) is 8.44. The molecular formula is C25H33F2N7O. The second-order valence-electron chi connectivity index (χ2n) is 10.7. The molecule has 4 aliphatic rings. The highest BCUT2D eigenvalue weighted by Gasteiger charge is 2.48. The molecule has 2 aromatic rings. The van der Waals surface area contributed by atoms with Crippen LogP contribution >= 0.6 is 0 Å². The van der Waals surface area contributed by atoms with E-state index in [4.69, 9.17) is 0 Å². The van der Waals surface area contributed by atoms with Crippen molar-refractivity contribution >= 4 is 6.03 Å². The number of benzene rings is 1. The summed E-state index contributed by atoms with van der Waals surface area (Å²) in [7, 11) is 1.94. The van der Waals surface area contributed by atoms with Crippen molar-refractivity contribution in [1.82, 2.24) is 35.7 Å². The van der Waals surface area contributed by atoms with Crippen LogP contribution in [0.25, 0.3) is 0 Å². The Labute approximate surface area is 204 Å². The number of carbonyl (C=O) groups excluding carboxylic acids is 1. The second kappa shape index (κ2) is 9.15. The SMILES string of the molecule is Cn1cc(C2NNC3CC4NC(=O)N([C@@H]5CCCN(Cc6ccc(F)cc6F)C5)CC4CC32)cn1. The molecule has 1 aromatic carbocycles. The number of likely N-dealkylation sites (tertiary alicyclic amines) is 1. The van der Waals surface area contributed by atoms with E-state index < -0.39 is 11.6 Å². The van der Waals surface area contributed by atoms with Crippen molar-refractivity contribution in [2.75, 3.05) is 19.6 Å². The summed E-state index contributed by atoms with van der Waals surface area (Å²) in [4.78, 5) is 17.3. The first kappa shape index (κ1) is 22.9. The number of hydrazine groups is 1. The van der Waals surface area contributed by atoms with Gasteiger partial charge in [-0.2, -0.15) is 5.10 Å². The summed E-state index contributed by atoms with van der Waals surface area (Å²) in [5.41, 5.74) is 8.62. The molecule has 3 saturated heterocycles. The highest BCUT2D eigenvalue weighted by molar-refractivity contribution is 5.76. The third-order valence-electron chi connectivity index (χ3n) is 8.44. The zero-order chi connectivity index (χ0) is 24.1. The standard InChI is InChI=1S/C25H33F2N7O/c1-32-11-17(10-28-32)24-20-7-16-13-34(25(35)29-22(16)9-23(20)30-31-24)19-3-2-6-33(14-19)12-15-4-5-18(26)8-21(15)27/h4-5,8,10-11,16,19-20,22-24,30-31H,2-3,6-7,9,12-14H2,1H3,(H,29,35)/t16?,19-,20?,22?,23?,24?/m1/s1. The van der Waals surface area contributed by atoms with E-state index >= 15 is 0 Å². The van der Waals surface area contributed by atoms with Crippen LogP contribution in [0.2, 0.25) is 0 Å². The lowest BCUT2D eigenvalue weighted by molar-refractivity contribution is 0.0521. The van der Waals surface area contributed by atoms with Gasteiger partial charge < -0.3 is 10.2 Å². The predicted octanol–water partition coefficient (Wildman–Crippen LogP) is 2.30. The minimum atomic E-state index is -0.560. The molecule has 4 fully saturated rings. The van der Waals surface area contributed by atoms with Gasteiger partial charge in [0.15, 0.2) is 0 Å². The Kier molecular flexibility index (Phi) is 5.98. The number of halogens is 2. The van der Waals surface area contributed by atoms with E-state index in [9.17, 15) is 13.6 Å². The molecule has 5 unspecified atom stereocenters. The van der Waals surface area contributed by atoms with Crippen molar-refractivity contribution < 1.29 is 13.6 Å². The highest BCUT2D eigenvalue weighted by atomic mass is 19.1. The first-order valence-corrected chi connectivity index (χ1v) is 12.7. The molecule has 1 aliphatic carbocycles. The molecular weight excluding hydrogens is 452 g/mol. The van der Waals surface area contributed by atoms with E-state index in [0.29, 0.717) is 36.5 Å². The van der Waals surface area contributed by atoms with Crippen molar-refractivity contribution in [3.63, 3.8) is 0 Å². The van der Waals surface area contributed by atoms with Gasteiger partial charge in [-0.15, -0.1) is 0 Å². The average molecular weight is 486 g/mol. The van der Waals surface area contributed by atoms with Crippen LogP contribution in [0.4, 0.5) is 13.6 Å². The van der Waals surface area contributed by atoms with Crippen LogP contribution in [0.5, 0.6) is 0 Å². The minimum absolute atomic E-state index is 0.0132. The van der Waals surface area contributed by atoms with E-state index in [-0.39, 0.29) is 24.2 Å². The summed E-state index contributed by atoms with van der Waals surface area (Å²) in [6.45, 7) is 2.73. The highest BCUT2D eigenvalue weighted by Crippen LogP contribution is 2.42. The normalized spacial score (nSPS) is 33.3. The molecule has 0 radical (unpaired) electrons. The molecule has 188 valence electrons. The molecule has 6 atom stereocenters. The Morgan fingerprint density at radius 2 is 2.03 bits per heavy atom. The number of aromatic nitrogens is 2. The zero-order valence-corrected chi connectivity index (χ0v) is 20.0. The number of rotatable bonds is 4. The van der Waals surface area contributed by atoms with Crippen LogP contribution in [0.3, 0.4) is 0 Å². The Morgan fingerprint density at radius 1 is 1.14 bits per heavy atom. The Balaban J connectivity index is 1.12. The Hall–Kier alpha value is -2.56. The van der Waals surface area contributed by atoms with Crippen molar-refractivity contribution in [3.8, 4) is 0 Å². The molecule has 3 aliphatic heterocycles. The lowest BCUT2D eigenvalue weighted by Gasteiger charge is -2.49. The van der Waals surface area contributed by atoms with Crippen LogP contribution in [-0.2, 0) is 13.6 Å². The fourth-order valence-electron chi connectivity index (χ4n) is 6.68. The summed E-state index contributed by atoms with van der Waals surface area (Å²) in [6, 6.07) is 4.60. The van der Waals surface area contributed by atoms with Crippen LogP contribution in [-0.4, -0.2) is 63.4 Å². The Bertz CT molecular complexity index is 1090. The number of carbonyl (C=O) groups is 1. The maximum atomic E-state index is 14.2. The van der Waals surface area contributed by atoms with E-state index in [2.05, 4.69) is 32.4 Å². The fraction of sp³-hybridized carbons (Fsp3) is 0.600. The van der Waals surface area contributed by atoms with Gasteiger partial charge in [0, 0.05) is 68.2 Å². The van der Waals surface area contributed by atoms with Crippen molar-refractivity contribution in [3.05, 3.63) is 53.4 Å². The molecule has 0 bridgehead atoms. The third kappa shape index (κ3) is 4.43. The number of piperidine rings is 1. The molecule has 1 aromatic heterocycles. The molecule has 3 N–H and O–H groups in total. The quantitative estimate of drug-likeness (QED) is 0.620. The van der Waals surface area contributed by atoms with Gasteiger partial charge in [0.25, 0.3) is 0 Å². The summed E-state index contributed by atoms with van der Waals surface area (Å²) in [6.07, 6.45) is 7.85. The fourth-order valence-corrected chi connectivity index (χ4v) is 6.68. The van der Waals surface area contributed by atoms with Crippen LogP contribution < -0.4 is 16.2 Å². The van der Waals surface area contributed by atoms with Crippen LogP contribution in [0, 0.1) is 23.5 Å². The monoisotopic (exact) mass is 485 g/mol. The number of hydrogen-bond acceptors (Lipinski definition) is 5. The van der Waals surface area contributed by atoms with Gasteiger partial charge >= 0.3 is 6.03 Å². The van der Waals surface area contributed by atoms with E-state index in [0.717, 1.165) is 44.8 Å². The number of hydrogen-bond donors (Lipinski definition) is 3. The number of nitrogens with zero attached hydrogens (tertiary/aromatic N) is 4. The molecule has 4 heterocycles. The van der Waals surface area contributed by atoms with Gasteiger partial charge in [0.05, 0.1) is 12.2 Å². The lowest BCUT2D eigenvalue weighted by Crippen LogP contribution is -2.64. The largest absolute Gasteiger partial charge is 0.335 e. The first-order chi connectivity index (χ1) is 16.9.